The molecule has 1 aliphatic heterocycles. The van der Waals surface area contributed by atoms with Gasteiger partial charge < -0.3 is 5.11 Å². The predicted octanol–water partition coefficient (Wildman–Crippen LogP) is 1.48. The van der Waals surface area contributed by atoms with Crippen molar-refractivity contribution in [2.45, 2.75) is 38.5 Å². The molecule has 1 N–H and O–H groups in total. The molecule has 0 unspecified atom stereocenters. The van der Waals surface area contributed by atoms with E-state index in [4.69, 9.17) is 5.11 Å². The van der Waals surface area contributed by atoms with Gasteiger partial charge in [0.1, 0.15) is 0 Å². The summed E-state index contributed by atoms with van der Waals surface area (Å²) in [4.78, 5) is 0. The summed E-state index contributed by atoms with van der Waals surface area (Å²) in [5.74, 6) is 0.950. The fourth-order valence-electron chi connectivity index (χ4n) is 2.36. The number of aliphatic hydroxyl groups excluding tert-OH is 1. The molecule has 1 saturated heterocycles. The van der Waals surface area contributed by atoms with Gasteiger partial charge in [-0.15, -0.1) is 0 Å². The molecule has 0 spiro atoms. The van der Waals surface area contributed by atoms with Crippen molar-refractivity contribution in [1.82, 2.24) is 10.0 Å². The Balaban J connectivity index is 1.78. The zero-order valence-electron chi connectivity index (χ0n) is 9.70. The minimum absolute atomic E-state index is 0.328. The molecule has 0 aromatic rings. The summed E-state index contributed by atoms with van der Waals surface area (Å²) in [5, 5.41) is 14.0. The number of nitrogens with zero attached hydrogens (tertiary/aromatic N) is 2. The van der Waals surface area contributed by atoms with E-state index in [9.17, 15) is 0 Å². The topological polar surface area (TPSA) is 26.7 Å². The molecular weight excluding hydrogens is 188 g/mol. The average molecular weight is 212 g/mol. The van der Waals surface area contributed by atoms with E-state index in [1.165, 1.54) is 51.7 Å². The first-order valence-corrected chi connectivity index (χ1v) is 6.51. The zero-order chi connectivity index (χ0) is 10.5. The highest BCUT2D eigenvalue weighted by molar-refractivity contribution is 4.77. The fourth-order valence-corrected chi connectivity index (χ4v) is 2.36. The number of hydrazine groups is 1. The Kier molecular flexibility index (Phi) is 4.42. The number of hydrogen-bond acceptors (Lipinski definition) is 3. The summed E-state index contributed by atoms with van der Waals surface area (Å²) in [5.41, 5.74) is 0. The van der Waals surface area contributed by atoms with Gasteiger partial charge >= 0.3 is 0 Å². The number of hydrogen-bond donors (Lipinski definition) is 1. The Hall–Kier alpha value is -0.120. The lowest BCUT2D eigenvalue weighted by Gasteiger charge is -2.37. The van der Waals surface area contributed by atoms with Crippen molar-refractivity contribution < 1.29 is 5.11 Å². The Bertz CT molecular complexity index is 176. The third-order valence-corrected chi connectivity index (χ3v) is 3.47. The molecule has 1 heterocycles. The van der Waals surface area contributed by atoms with E-state index < -0.39 is 0 Å². The van der Waals surface area contributed by atoms with E-state index in [1.807, 2.05) is 0 Å². The Morgan fingerprint density at radius 2 is 1.87 bits per heavy atom. The molecule has 0 bridgehead atoms. The highest BCUT2D eigenvalue weighted by Crippen LogP contribution is 2.30. The van der Waals surface area contributed by atoms with Crippen LogP contribution in [0.15, 0.2) is 0 Å². The summed E-state index contributed by atoms with van der Waals surface area (Å²) in [6.45, 7) is 5.08. The molecule has 3 heteroatoms. The first kappa shape index (κ1) is 11.4. The predicted molar refractivity (Wildman–Crippen MR) is 61.4 cm³/mol. The van der Waals surface area contributed by atoms with Gasteiger partial charge in [0.15, 0.2) is 0 Å². The second-order valence-corrected chi connectivity index (χ2v) is 4.95. The molecule has 0 aromatic carbocycles. The van der Waals surface area contributed by atoms with Gasteiger partial charge in [-0.2, -0.15) is 0 Å². The van der Waals surface area contributed by atoms with Gasteiger partial charge in [0, 0.05) is 32.8 Å². The lowest BCUT2D eigenvalue weighted by molar-refractivity contribution is -0.0458. The summed E-state index contributed by atoms with van der Waals surface area (Å²) in [6, 6.07) is 0. The van der Waals surface area contributed by atoms with Crippen LogP contribution < -0.4 is 0 Å². The Morgan fingerprint density at radius 3 is 2.47 bits per heavy atom. The van der Waals surface area contributed by atoms with Crippen LogP contribution in [0.3, 0.4) is 0 Å². The van der Waals surface area contributed by atoms with Gasteiger partial charge in [-0.3, -0.25) is 0 Å². The first-order valence-electron chi connectivity index (χ1n) is 6.51. The van der Waals surface area contributed by atoms with Crippen molar-refractivity contribution in [3.8, 4) is 0 Å². The van der Waals surface area contributed by atoms with Crippen molar-refractivity contribution >= 4 is 0 Å². The SMILES string of the molecule is OCCCN(CC1CC1)N1CCCCC1. The van der Waals surface area contributed by atoms with Crippen molar-refractivity contribution in [2.75, 3.05) is 32.8 Å². The molecule has 0 aromatic heterocycles. The van der Waals surface area contributed by atoms with Gasteiger partial charge in [-0.1, -0.05) is 6.42 Å². The average Bonchev–Trinajstić information content (AvgIpc) is 3.09. The van der Waals surface area contributed by atoms with Crippen LogP contribution in [0.5, 0.6) is 0 Å². The van der Waals surface area contributed by atoms with Crippen molar-refractivity contribution in [3.05, 3.63) is 0 Å². The molecule has 1 saturated carbocycles. The van der Waals surface area contributed by atoms with Crippen molar-refractivity contribution in [3.63, 3.8) is 0 Å². The molecule has 88 valence electrons. The maximum atomic E-state index is 8.92. The van der Waals surface area contributed by atoms with E-state index in [0.29, 0.717) is 6.61 Å². The van der Waals surface area contributed by atoms with E-state index in [0.717, 1.165) is 18.9 Å². The van der Waals surface area contributed by atoms with Crippen molar-refractivity contribution in [1.29, 1.82) is 0 Å². The largest absolute Gasteiger partial charge is 0.396 e. The lowest BCUT2D eigenvalue weighted by atomic mass is 10.1. The highest BCUT2D eigenvalue weighted by Gasteiger charge is 2.27. The second kappa shape index (κ2) is 5.83. The molecule has 0 radical (unpaired) electrons. The van der Waals surface area contributed by atoms with Crippen molar-refractivity contribution in [2.24, 2.45) is 5.92 Å². The molecule has 15 heavy (non-hydrogen) atoms. The highest BCUT2D eigenvalue weighted by atomic mass is 16.3. The summed E-state index contributed by atoms with van der Waals surface area (Å²) < 4.78 is 0. The van der Waals surface area contributed by atoms with Crippen LogP contribution in [-0.4, -0.2) is 47.9 Å². The van der Waals surface area contributed by atoms with Crippen LogP contribution in [0.2, 0.25) is 0 Å². The lowest BCUT2D eigenvalue weighted by Crippen LogP contribution is -2.47. The maximum Gasteiger partial charge on any atom is 0.0443 e. The third kappa shape index (κ3) is 3.74. The van der Waals surface area contributed by atoms with Gasteiger partial charge in [-0.25, -0.2) is 10.0 Å². The molecule has 2 fully saturated rings. The molecule has 0 amide bonds. The van der Waals surface area contributed by atoms with Gasteiger partial charge in [-0.05, 0) is 38.0 Å². The molecule has 0 atom stereocenters. The van der Waals surface area contributed by atoms with Crippen LogP contribution in [0.25, 0.3) is 0 Å². The molecule has 1 aliphatic carbocycles. The third-order valence-electron chi connectivity index (χ3n) is 3.47. The standard InChI is InChI=1S/C12H24N2O/c15-10-4-9-14(11-12-5-6-12)13-7-2-1-3-8-13/h12,15H,1-11H2. The zero-order valence-corrected chi connectivity index (χ0v) is 9.70. The first-order chi connectivity index (χ1) is 7.40. The van der Waals surface area contributed by atoms with Gasteiger partial charge in [0.25, 0.3) is 0 Å². The van der Waals surface area contributed by atoms with Crippen LogP contribution >= 0.6 is 0 Å². The van der Waals surface area contributed by atoms with E-state index in [1.54, 1.807) is 0 Å². The van der Waals surface area contributed by atoms with Crippen LogP contribution in [0.4, 0.5) is 0 Å². The normalized spacial score (nSPS) is 23.6. The monoisotopic (exact) mass is 212 g/mol. The minimum Gasteiger partial charge on any atom is -0.396 e. The van der Waals surface area contributed by atoms with Crippen LogP contribution in [0, 0.1) is 5.92 Å². The van der Waals surface area contributed by atoms with Crippen LogP contribution in [0.1, 0.15) is 38.5 Å². The molecular formula is C12H24N2O. The number of rotatable bonds is 6. The maximum absolute atomic E-state index is 8.92. The number of aliphatic hydroxyl groups is 1. The van der Waals surface area contributed by atoms with E-state index >= 15 is 0 Å². The minimum atomic E-state index is 0.328. The number of piperidine rings is 1. The quantitative estimate of drug-likeness (QED) is 0.722. The van der Waals surface area contributed by atoms with E-state index in [2.05, 4.69) is 10.0 Å². The smallest absolute Gasteiger partial charge is 0.0443 e. The van der Waals surface area contributed by atoms with Crippen LogP contribution in [-0.2, 0) is 0 Å². The van der Waals surface area contributed by atoms with E-state index in [-0.39, 0.29) is 0 Å². The fraction of sp³-hybridized carbons (Fsp3) is 1.00. The summed E-state index contributed by atoms with van der Waals surface area (Å²) in [6.07, 6.45) is 7.85. The molecule has 3 nitrogen and oxygen atoms in total. The Morgan fingerprint density at radius 1 is 1.13 bits per heavy atom. The summed E-state index contributed by atoms with van der Waals surface area (Å²) >= 11 is 0. The molecule has 2 rings (SSSR count). The Labute approximate surface area is 93.0 Å². The van der Waals surface area contributed by atoms with Gasteiger partial charge in [0.2, 0.25) is 0 Å². The second-order valence-electron chi connectivity index (χ2n) is 4.95. The molecule has 2 aliphatic rings. The summed E-state index contributed by atoms with van der Waals surface area (Å²) in [7, 11) is 0. The van der Waals surface area contributed by atoms with Gasteiger partial charge in [0.05, 0.1) is 0 Å².